The summed E-state index contributed by atoms with van der Waals surface area (Å²) in [4.78, 5) is 2.36. The van der Waals surface area contributed by atoms with Crippen LogP contribution in [0, 0.1) is 5.92 Å². The highest BCUT2D eigenvalue weighted by Crippen LogP contribution is 2.07. The Labute approximate surface area is 95.7 Å². The van der Waals surface area contributed by atoms with Crippen LogP contribution in [-0.4, -0.2) is 37.1 Å². The van der Waals surface area contributed by atoms with Gasteiger partial charge in [-0.1, -0.05) is 13.0 Å². The minimum atomic E-state index is 0.573. The molecule has 0 radical (unpaired) electrons. The molecule has 2 heteroatoms. The Morgan fingerprint density at radius 3 is 2.33 bits per heavy atom. The second kappa shape index (κ2) is 7.89. The topological polar surface area (TPSA) is 15.3 Å². The zero-order valence-corrected chi connectivity index (χ0v) is 11.1. The summed E-state index contributed by atoms with van der Waals surface area (Å²) in [5.41, 5.74) is 0. The van der Waals surface area contributed by atoms with E-state index in [2.05, 4.69) is 51.5 Å². The second-order valence-electron chi connectivity index (χ2n) is 4.82. The van der Waals surface area contributed by atoms with Crippen LogP contribution >= 0.6 is 0 Å². The molecule has 2 nitrogen and oxygen atoms in total. The predicted molar refractivity (Wildman–Crippen MR) is 69.2 cm³/mol. The van der Waals surface area contributed by atoms with Gasteiger partial charge in [-0.25, -0.2) is 0 Å². The van der Waals surface area contributed by atoms with Crippen molar-refractivity contribution in [3.63, 3.8) is 0 Å². The quantitative estimate of drug-likeness (QED) is 0.622. The van der Waals surface area contributed by atoms with Gasteiger partial charge in [0, 0.05) is 25.2 Å². The molecule has 0 aliphatic carbocycles. The van der Waals surface area contributed by atoms with E-state index in [4.69, 9.17) is 0 Å². The second-order valence-corrected chi connectivity index (χ2v) is 4.82. The first-order valence-corrected chi connectivity index (χ1v) is 6.03. The van der Waals surface area contributed by atoms with Crippen molar-refractivity contribution in [3.8, 4) is 0 Å². The molecule has 0 saturated heterocycles. The van der Waals surface area contributed by atoms with Gasteiger partial charge in [-0.15, -0.1) is 6.58 Å². The van der Waals surface area contributed by atoms with Gasteiger partial charge < -0.3 is 10.2 Å². The molecule has 0 aliphatic heterocycles. The van der Waals surface area contributed by atoms with Gasteiger partial charge in [0.25, 0.3) is 0 Å². The Morgan fingerprint density at radius 1 is 1.27 bits per heavy atom. The van der Waals surface area contributed by atoms with Gasteiger partial charge in [-0.3, -0.25) is 0 Å². The molecule has 1 N–H and O–H groups in total. The molecule has 0 aromatic carbocycles. The third kappa shape index (κ3) is 6.69. The highest BCUT2D eigenvalue weighted by atomic mass is 15.1. The van der Waals surface area contributed by atoms with Crippen LogP contribution in [0.15, 0.2) is 12.7 Å². The van der Waals surface area contributed by atoms with Crippen molar-refractivity contribution >= 4 is 0 Å². The first-order chi connectivity index (χ1) is 6.99. The first kappa shape index (κ1) is 14.7. The molecule has 0 heterocycles. The van der Waals surface area contributed by atoms with Crippen molar-refractivity contribution in [1.82, 2.24) is 10.2 Å². The fourth-order valence-corrected chi connectivity index (χ4v) is 1.39. The van der Waals surface area contributed by atoms with Gasteiger partial charge in [0.15, 0.2) is 0 Å². The summed E-state index contributed by atoms with van der Waals surface area (Å²) < 4.78 is 0. The zero-order chi connectivity index (χ0) is 11.8. The maximum absolute atomic E-state index is 3.78. The molecular weight excluding hydrogens is 184 g/mol. The van der Waals surface area contributed by atoms with Crippen LogP contribution in [0.3, 0.4) is 0 Å². The molecule has 0 saturated carbocycles. The van der Waals surface area contributed by atoms with Gasteiger partial charge in [0.2, 0.25) is 0 Å². The molecule has 0 fully saturated rings. The molecular formula is C13H28N2. The number of allylic oxidation sites excluding steroid dienone is 1. The standard InChI is InChI=1S/C13H28N2/c1-7-8-12(4)13(5)14-9-10-15(6)11(2)3/h7,11-14H,1,8-10H2,2-6H3. The summed E-state index contributed by atoms with van der Waals surface area (Å²) >= 11 is 0. The number of nitrogens with zero attached hydrogens (tertiary/aromatic N) is 1. The fraction of sp³-hybridized carbons (Fsp3) is 0.846. The normalized spacial score (nSPS) is 15.7. The molecule has 0 aromatic rings. The van der Waals surface area contributed by atoms with E-state index in [0.717, 1.165) is 19.5 Å². The SMILES string of the molecule is C=CCC(C)C(C)NCCN(C)C(C)C. The van der Waals surface area contributed by atoms with Crippen LogP contribution in [0.2, 0.25) is 0 Å². The Bertz CT molecular complexity index is 166. The fourth-order valence-electron chi connectivity index (χ4n) is 1.39. The Kier molecular flexibility index (Phi) is 7.71. The highest BCUT2D eigenvalue weighted by molar-refractivity contribution is 4.77. The van der Waals surface area contributed by atoms with E-state index in [0.29, 0.717) is 18.0 Å². The van der Waals surface area contributed by atoms with Crippen LogP contribution in [0.1, 0.15) is 34.1 Å². The summed E-state index contributed by atoms with van der Waals surface area (Å²) in [6.07, 6.45) is 3.09. The lowest BCUT2D eigenvalue weighted by Gasteiger charge is -2.24. The summed E-state index contributed by atoms with van der Waals surface area (Å²) in [6.45, 7) is 14.9. The third-order valence-corrected chi connectivity index (χ3v) is 3.20. The van der Waals surface area contributed by atoms with Crippen LogP contribution in [0.5, 0.6) is 0 Å². The maximum Gasteiger partial charge on any atom is 0.0107 e. The highest BCUT2D eigenvalue weighted by Gasteiger charge is 2.10. The number of likely N-dealkylation sites (N-methyl/N-ethyl adjacent to an activating group) is 1. The Balaban J connectivity index is 3.62. The summed E-state index contributed by atoms with van der Waals surface area (Å²) in [5, 5.41) is 3.56. The molecule has 0 aliphatic rings. The predicted octanol–water partition coefficient (Wildman–Crippen LogP) is 2.52. The average molecular weight is 212 g/mol. The molecule has 90 valence electrons. The van der Waals surface area contributed by atoms with E-state index in [1.165, 1.54) is 0 Å². The lowest BCUT2D eigenvalue weighted by atomic mass is 10.00. The van der Waals surface area contributed by atoms with E-state index >= 15 is 0 Å². The van der Waals surface area contributed by atoms with Crippen molar-refractivity contribution < 1.29 is 0 Å². The van der Waals surface area contributed by atoms with Crippen LogP contribution in [-0.2, 0) is 0 Å². The molecule has 0 aromatic heterocycles. The van der Waals surface area contributed by atoms with Gasteiger partial charge in [0.05, 0.1) is 0 Å². The average Bonchev–Trinajstić information content (AvgIpc) is 2.17. The van der Waals surface area contributed by atoms with Gasteiger partial charge in [-0.2, -0.15) is 0 Å². The minimum Gasteiger partial charge on any atom is -0.313 e. The van der Waals surface area contributed by atoms with Gasteiger partial charge >= 0.3 is 0 Å². The first-order valence-electron chi connectivity index (χ1n) is 6.03. The zero-order valence-electron chi connectivity index (χ0n) is 11.1. The third-order valence-electron chi connectivity index (χ3n) is 3.20. The molecule has 0 bridgehead atoms. The largest absolute Gasteiger partial charge is 0.313 e. The summed E-state index contributed by atoms with van der Waals surface area (Å²) in [6, 6.07) is 1.20. The van der Waals surface area contributed by atoms with Crippen LogP contribution < -0.4 is 5.32 Å². The lowest BCUT2D eigenvalue weighted by molar-refractivity contribution is 0.263. The molecule has 0 amide bonds. The van der Waals surface area contributed by atoms with Crippen molar-refractivity contribution in [2.24, 2.45) is 5.92 Å². The molecule has 2 atom stereocenters. The van der Waals surface area contributed by atoms with Crippen molar-refractivity contribution in [2.45, 2.75) is 46.2 Å². The van der Waals surface area contributed by atoms with Gasteiger partial charge in [0.1, 0.15) is 0 Å². The van der Waals surface area contributed by atoms with Gasteiger partial charge in [-0.05, 0) is 40.2 Å². The monoisotopic (exact) mass is 212 g/mol. The van der Waals surface area contributed by atoms with E-state index in [1.807, 2.05) is 6.08 Å². The number of rotatable bonds is 8. The number of nitrogens with one attached hydrogen (secondary N) is 1. The summed E-state index contributed by atoms with van der Waals surface area (Å²) in [5.74, 6) is 0.673. The Morgan fingerprint density at radius 2 is 1.87 bits per heavy atom. The van der Waals surface area contributed by atoms with Crippen LogP contribution in [0.25, 0.3) is 0 Å². The molecule has 15 heavy (non-hydrogen) atoms. The molecule has 0 spiro atoms. The maximum atomic E-state index is 3.78. The lowest BCUT2D eigenvalue weighted by Crippen LogP contribution is -2.39. The van der Waals surface area contributed by atoms with E-state index < -0.39 is 0 Å². The number of hydrogen-bond donors (Lipinski definition) is 1. The minimum absolute atomic E-state index is 0.573. The molecule has 2 unspecified atom stereocenters. The molecule has 0 rings (SSSR count). The van der Waals surface area contributed by atoms with Crippen molar-refractivity contribution in [2.75, 3.05) is 20.1 Å². The summed E-state index contributed by atoms with van der Waals surface area (Å²) in [7, 11) is 2.17. The number of hydrogen-bond acceptors (Lipinski definition) is 2. The van der Waals surface area contributed by atoms with E-state index in [1.54, 1.807) is 0 Å². The van der Waals surface area contributed by atoms with E-state index in [-0.39, 0.29) is 0 Å². The van der Waals surface area contributed by atoms with Crippen LogP contribution in [0.4, 0.5) is 0 Å². The van der Waals surface area contributed by atoms with Crippen molar-refractivity contribution in [3.05, 3.63) is 12.7 Å². The van der Waals surface area contributed by atoms with E-state index in [9.17, 15) is 0 Å². The smallest absolute Gasteiger partial charge is 0.0107 e. The van der Waals surface area contributed by atoms with Crippen molar-refractivity contribution in [1.29, 1.82) is 0 Å². The Hall–Kier alpha value is -0.340.